The second kappa shape index (κ2) is 8.68. The average Bonchev–Trinajstić information content (AvgIpc) is 2.36. The van der Waals surface area contributed by atoms with Gasteiger partial charge in [0.2, 0.25) is 0 Å². The standard InChI is InChI=1S/C16H24BrF/c1-3-4-5-6-7-8-9-15(17)14-10-11-16(18)13(2)12-14/h10-12,15H,3-9H2,1-2H3. The highest BCUT2D eigenvalue weighted by Gasteiger charge is 2.08. The molecule has 0 amide bonds. The molecule has 0 spiro atoms. The maximum atomic E-state index is 13.2. The lowest BCUT2D eigenvalue weighted by Crippen LogP contribution is -1.93. The molecule has 1 aromatic rings. The maximum Gasteiger partial charge on any atom is 0.126 e. The van der Waals surface area contributed by atoms with Gasteiger partial charge in [-0.2, -0.15) is 0 Å². The Bertz CT molecular complexity index is 349. The molecule has 0 nitrogen and oxygen atoms in total. The molecular formula is C16H24BrF. The summed E-state index contributed by atoms with van der Waals surface area (Å²) in [4.78, 5) is 0.364. The van der Waals surface area contributed by atoms with E-state index in [1.54, 1.807) is 6.07 Å². The molecule has 1 rings (SSSR count). The predicted octanol–water partition coefficient (Wildman–Crippen LogP) is 6.32. The lowest BCUT2D eigenvalue weighted by atomic mass is 10.0. The first kappa shape index (κ1) is 15.7. The van der Waals surface area contributed by atoms with Crippen molar-refractivity contribution < 1.29 is 4.39 Å². The third-order valence-corrected chi connectivity index (χ3v) is 4.34. The molecule has 0 radical (unpaired) electrons. The summed E-state index contributed by atoms with van der Waals surface area (Å²) in [5.74, 6) is -0.113. The lowest BCUT2D eigenvalue weighted by Gasteiger charge is -2.11. The molecule has 0 saturated carbocycles. The van der Waals surface area contributed by atoms with E-state index in [2.05, 4.69) is 22.9 Å². The molecule has 0 saturated heterocycles. The number of rotatable bonds is 8. The third-order valence-electron chi connectivity index (χ3n) is 3.35. The summed E-state index contributed by atoms with van der Waals surface area (Å²) in [5.41, 5.74) is 1.93. The van der Waals surface area contributed by atoms with Crippen LogP contribution in [0.1, 0.15) is 67.8 Å². The molecule has 18 heavy (non-hydrogen) atoms. The summed E-state index contributed by atoms with van der Waals surface area (Å²) in [5, 5.41) is 0. The summed E-state index contributed by atoms with van der Waals surface area (Å²) < 4.78 is 13.2. The molecule has 1 aromatic carbocycles. The smallest absolute Gasteiger partial charge is 0.126 e. The van der Waals surface area contributed by atoms with Crippen molar-refractivity contribution in [3.05, 3.63) is 35.1 Å². The van der Waals surface area contributed by atoms with Crippen LogP contribution in [0.15, 0.2) is 18.2 Å². The van der Waals surface area contributed by atoms with Crippen molar-refractivity contribution in [3.8, 4) is 0 Å². The van der Waals surface area contributed by atoms with Gasteiger partial charge in [-0.3, -0.25) is 0 Å². The molecule has 102 valence electrons. The van der Waals surface area contributed by atoms with Crippen LogP contribution >= 0.6 is 15.9 Å². The molecule has 0 aromatic heterocycles. The van der Waals surface area contributed by atoms with E-state index in [9.17, 15) is 4.39 Å². The Kier molecular flexibility index (Phi) is 7.57. The maximum absolute atomic E-state index is 13.2. The van der Waals surface area contributed by atoms with Gasteiger partial charge in [0.25, 0.3) is 0 Å². The van der Waals surface area contributed by atoms with Crippen molar-refractivity contribution in [2.24, 2.45) is 0 Å². The number of aryl methyl sites for hydroxylation is 1. The van der Waals surface area contributed by atoms with Crippen LogP contribution in [0.5, 0.6) is 0 Å². The van der Waals surface area contributed by atoms with Crippen LogP contribution in [0.25, 0.3) is 0 Å². The highest BCUT2D eigenvalue weighted by atomic mass is 79.9. The minimum Gasteiger partial charge on any atom is -0.207 e. The Labute approximate surface area is 119 Å². The molecule has 0 aliphatic rings. The number of hydrogen-bond acceptors (Lipinski definition) is 0. The molecule has 1 unspecified atom stereocenters. The van der Waals surface area contributed by atoms with E-state index in [-0.39, 0.29) is 5.82 Å². The van der Waals surface area contributed by atoms with Gasteiger partial charge < -0.3 is 0 Å². The molecule has 0 bridgehead atoms. The van der Waals surface area contributed by atoms with Crippen molar-refractivity contribution in [1.29, 1.82) is 0 Å². The summed E-state index contributed by atoms with van der Waals surface area (Å²) in [7, 11) is 0. The van der Waals surface area contributed by atoms with Crippen LogP contribution in [0.2, 0.25) is 0 Å². The SMILES string of the molecule is CCCCCCCCC(Br)c1ccc(F)c(C)c1. The Hall–Kier alpha value is -0.370. The average molecular weight is 315 g/mol. The molecule has 0 fully saturated rings. The van der Waals surface area contributed by atoms with Gasteiger partial charge >= 0.3 is 0 Å². The van der Waals surface area contributed by atoms with Gasteiger partial charge in [0.1, 0.15) is 5.82 Å². The highest BCUT2D eigenvalue weighted by molar-refractivity contribution is 9.09. The Morgan fingerprint density at radius 1 is 1.11 bits per heavy atom. The van der Waals surface area contributed by atoms with Gasteiger partial charge in [0.15, 0.2) is 0 Å². The normalized spacial score (nSPS) is 12.7. The van der Waals surface area contributed by atoms with Crippen molar-refractivity contribution >= 4 is 15.9 Å². The van der Waals surface area contributed by atoms with Crippen LogP contribution in [-0.4, -0.2) is 0 Å². The summed E-state index contributed by atoms with van der Waals surface area (Å²) in [6, 6.07) is 5.41. The second-order valence-electron chi connectivity index (χ2n) is 5.03. The minimum atomic E-state index is -0.113. The zero-order valence-electron chi connectivity index (χ0n) is 11.5. The lowest BCUT2D eigenvalue weighted by molar-refractivity contribution is 0.587. The molecule has 1 atom stereocenters. The Balaban J connectivity index is 2.27. The van der Waals surface area contributed by atoms with Crippen LogP contribution in [-0.2, 0) is 0 Å². The Morgan fingerprint density at radius 2 is 1.78 bits per heavy atom. The van der Waals surface area contributed by atoms with Crippen molar-refractivity contribution in [2.75, 3.05) is 0 Å². The van der Waals surface area contributed by atoms with Gasteiger partial charge in [-0.25, -0.2) is 4.39 Å². The molecule has 0 aliphatic heterocycles. The van der Waals surface area contributed by atoms with E-state index in [1.165, 1.54) is 44.1 Å². The Morgan fingerprint density at radius 3 is 2.44 bits per heavy atom. The summed E-state index contributed by atoms with van der Waals surface area (Å²) >= 11 is 3.71. The van der Waals surface area contributed by atoms with Crippen molar-refractivity contribution in [2.45, 2.75) is 63.6 Å². The van der Waals surface area contributed by atoms with E-state index in [0.29, 0.717) is 4.83 Å². The third kappa shape index (κ3) is 5.51. The first-order valence-corrected chi connectivity index (χ1v) is 7.96. The van der Waals surface area contributed by atoms with Crippen LogP contribution in [0.4, 0.5) is 4.39 Å². The highest BCUT2D eigenvalue weighted by Crippen LogP contribution is 2.29. The molecular weight excluding hydrogens is 291 g/mol. The number of benzene rings is 1. The first-order chi connectivity index (χ1) is 8.65. The first-order valence-electron chi connectivity index (χ1n) is 7.05. The van der Waals surface area contributed by atoms with E-state index >= 15 is 0 Å². The largest absolute Gasteiger partial charge is 0.207 e. The van der Waals surface area contributed by atoms with Crippen LogP contribution < -0.4 is 0 Å². The predicted molar refractivity (Wildman–Crippen MR) is 80.8 cm³/mol. The van der Waals surface area contributed by atoms with Crippen LogP contribution in [0, 0.1) is 12.7 Å². The minimum absolute atomic E-state index is 0.113. The van der Waals surface area contributed by atoms with Crippen molar-refractivity contribution in [1.82, 2.24) is 0 Å². The van der Waals surface area contributed by atoms with Gasteiger partial charge in [-0.05, 0) is 30.5 Å². The van der Waals surface area contributed by atoms with E-state index < -0.39 is 0 Å². The molecule has 2 heteroatoms. The van der Waals surface area contributed by atoms with Gasteiger partial charge in [0.05, 0.1) is 0 Å². The fourth-order valence-electron chi connectivity index (χ4n) is 2.13. The quantitative estimate of drug-likeness (QED) is 0.389. The number of hydrogen-bond donors (Lipinski definition) is 0. The van der Waals surface area contributed by atoms with E-state index in [0.717, 1.165) is 12.0 Å². The van der Waals surface area contributed by atoms with Gasteiger partial charge in [-0.1, -0.05) is 73.5 Å². The fourth-order valence-corrected chi connectivity index (χ4v) is 2.74. The topological polar surface area (TPSA) is 0 Å². The van der Waals surface area contributed by atoms with Gasteiger partial charge in [-0.15, -0.1) is 0 Å². The zero-order chi connectivity index (χ0) is 13.4. The second-order valence-corrected chi connectivity index (χ2v) is 6.14. The molecule has 0 heterocycles. The molecule has 0 N–H and O–H groups in total. The van der Waals surface area contributed by atoms with Gasteiger partial charge in [0, 0.05) is 4.83 Å². The number of alkyl halides is 1. The van der Waals surface area contributed by atoms with E-state index in [4.69, 9.17) is 0 Å². The summed E-state index contributed by atoms with van der Waals surface area (Å²) in [6.45, 7) is 4.06. The summed E-state index contributed by atoms with van der Waals surface area (Å²) in [6.07, 6.45) is 9.05. The zero-order valence-corrected chi connectivity index (χ0v) is 13.1. The van der Waals surface area contributed by atoms with Crippen molar-refractivity contribution in [3.63, 3.8) is 0 Å². The monoisotopic (exact) mass is 314 g/mol. The number of halogens is 2. The number of unbranched alkanes of at least 4 members (excludes halogenated alkanes) is 5. The molecule has 0 aliphatic carbocycles. The van der Waals surface area contributed by atoms with E-state index in [1.807, 2.05) is 19.1 Å². The fraction of sp³-hybridized carbons (Fsp3) is 0.625. The van der Waals surface area contributed by atoms with Crippen LogP contribution in [0.3, 0.4) is 0 Å².